The zero-order valence-corrected chi connectivity index (χ0v) is 8.95. The van der Waals surface area contributed by atoms with E-state index < -0.39 is 12.2 Å². The van der Waals surface area contributed by atoms with Crippen molar-refractivity contribution in [1.82, 2.24) is 0 Å². The smallest absolute Gasteiger partial charge is 0.249 e. The number of carbonyl (C=O) groups is 1. The lowest BCUT2D eigenvalue weighted by atomic mass is 10.1. The summed E-state index contributed by atoms with van der Waals surface area (Å²) in [6.07, 6.45) is -0.469. The lowest BCUT2D eigenvalue weighted by Gasteiger charge is -2.13. The number of hydrogen-bond acceptors (Lipinski definition) is 3. The van der Waals surface area contributed by atoms with Crippen molar-refractivity contribution in [2.75, 3.05) is 14.2 Å². The van der Waals surface area contributed by atoms with Gasteiger partial charge < -0.3 is 9.47 Å². The third-order valence-electron chi connectivity index (χ3n) is 1.99. The molecule has 1 aromatic carbocycles. The van der Waals surface area contributed by atoms with Gasteiger partial charge >= 0.3 is 0 Å². The number of benzene rings is 1. The molecule has 0 unspecified atom stereocenters. The highest BCUT2D eigenvalue weighted by Gasteiger charge is 2.09. The number of azide groups is 1. The van der Waals surface area contributed by atoms with E-state index in [1.807, 2.05) is 0 Å². The largest absolute Gasteiger partial charge is 0.352 e. The van der Waals surface area contributed by atoms with Gasteiger partial charge in [-0.2, -0.15) is 0 Å². The third kappa shape index (κ3) is 2.80. The van der Waals surface area contributed by atoms with Crippen molar-refractivity contribution >= 4 is 5.91 Å². The highest BCUT2D eigenvalue weighted by molar-refractivity contribution is 5.94. The van der Waals surface area contributed by atoms with Crippen molar-refractivity contribution in [3.8, 4) is 0 Å². The first-order valence-corrected chi connectivity index (χ1v) is 4.48. The van der Waals surface area contributed by atoms with Gasteiger partial charge in [0.15, 0.2) is 6.29 Å². The second-order valence-corrected chi connectivity index (χ2v) is 2.92. The quantitative estimate of drug-likeness (QED) is 0.338. The fraction of sp³-hybridized carbons (Fsp3) is 0.300. The number of ether oxygens (including phenoxy) is 2. The first kappa shape index (κ1) is 12.2. The van der Waals surface area contributed by atoms with Crippen LogP contribution in [0, 0.1) is 0 Å². The second kappa shape index (κ2) is 5.87. The maximum Gasteiger partial charge on any atom is 0.249 e. The predicted octanol–water partition coefficient (Wildman–Crippen LogP) is 2.43. The number of carbonyl (C=O) groups excluding carboxylic acids is 1. The fourth-order valence-corrected chi connectivity index (χ4v) is 1.25. The van der Waals surface area contributed by atoms with Crippen LogP contribution in [-0.2, 0) is 9.47 Å². The Morgan fingerprint density at radius 1 is 1.31 bits per heavy atom. The summed E-state index contributed by atoms with van der Waals surface area (Å²) in [5, 5.41) is 2.99. The molecule has 0 aromatic heterocycles. The predicted molar refractivity (Wildman–Crippen MR) is 56.7 cm³/mol. The molecule has 0 fully saturated rings. The van der Waals surface area contributed by atoms with Crippen LogP contribution in [0.25, 0.3) is 10.4 Å². The SMILES string of the molecule is COC(OC)c1ccc(C(=O)N=[N+]=[N-])cc1. The number of methoxy groups -OCH3 is 2. The number of rotatable bonds is 4. The van der Waals surface area contributed by atoms with Gasteiger partial charge in [-0.3, -0.25) is 4.79 Å². The minimum Gasteiger partial charge on any atom is -0.352 e. The minimum atomic E-state index is -0.611. The van der Waals surface area contributed by atoms with Gasteiger partial charge in [-0.25, -0.2) is 0 Å². The Bertz CT molecular complexity index is 406. The molecule has 84 valence electrons. The molecular formula is C10H11N3O3. The first-order valence-electron chi connectivity index (χ1n) is 4.48. The molecule has 0 bridgehead atoms. The standard InChI is InChI=1S/C10H11N3O3/c1-15-10(16-2)8-5-3-7(4-6-8)9(14)12-13-11/h3-6,10H,1-2H3. The molecule has 0 radical (unpaired) electrons. The molecule has 16 heavy (non-hydrogen) atoms. The molecule has 0 heterocycles. The maximum absolute atomic E-state index is 11.2. The van der Waals surface area contributed by atoms with E-state index in [2.05, 4.69) is 10.0 Å². The Morgan fingerprint density at radius 3 is 2.31 bits per heavy atom. The molecule has 1 aromatic rings. The van der Waals surface area contributed by atoms with Crippen molar-refractivity contribution in [3.63, 3.8) is 0 Å². The fourth-order valence-electron chi connectivity index (χ4n) is 1.25. The lowest BCUT2D eigenvalue weighted by Crippen LogP contribution is -2.04. The second-order valence-electron chi connectivity index (χ2n) is 2.92. The number of hydrogen-bond donors (Lipinski definition) is 0. The van der Waals surface area contributed by atoms with E-state index >= 15 is 0 Å². The Balaban J connectivity index is 2.90. The van der Waals surface area contributed by atoms with Crippen LogP contribution >= 0.6 is 0 Å². The van der Waals surface area contributed by atoms with Crippen LogP contribution in [0.3, 0.4) is 0 Å². The molecule has 0 saturated heterocycles. The highest BCUT2D eigenvalue weighted by Crippen LogP contribution is 2.17. The van der Waals surface area contributed by atoms with Crippen molar-refractivity contribution in [1.29, 1.82) is 0 Å². The molecule has 6 heteroatoms. The van der Waals surface area contributed by atoms with Gasteiger partial charge in [0.2, 0.25) is 5.91 Å². The Kier molecular flexibility index (Phi) is 4.47. The van der Waals surface area contributed by atoms with Crippen LogP contribution in [0.5, 0.6) is 0 Å². The van der Waals surface area contributed by atoms with Gasteiger partial charge in [0.25, 0.3) is 0 Å². The van der Waals surface area contributed by atoms with Gasteiger partial charge in [0.05, 0.1) is 0 Å². The Morgan fingerprint density at radius 2 is 1.88 bits per heavy atom. The Labute approximate surface area is 92.4 Å². The van der Waals surface area contributed by atoms with E-state index in [9.17, 15) is 4.79 Å². The topological polar surface area (TPSA) is 84.3 Å². The Hall–Kier alpha value is -1.88. The molecule has 0 aliphatic carbocycles. The zero-order chi connectivity index (χ0) is 12.0. The van der Waals surface area contributed by atoms with E-state index in [4.69, 9.17) is 15.0 Å². The van der Waals surface area contributed by atoms with E-state index in [0.29, 0.717) is 5.56 Å². The van der Waals surface area contributed by atoms with Gasteiger partial charge in [-0.05, 0) is 10.6 Å². The first-order chi connectivity index (χ1) is 7.72. The summed E-state index contributed by atoms with van der Waals surface area (Å²) in [7, 11) is 3.04. The van der Waals surface area contributed by atoms with E-state index in [0.717, 1.165) is 5.56 Å². The van der Waals surface area contributed by atoms with Crippen LogP contribution in [0.4, 0.5) is 0 Å². The summed E-state index contributed by atoms with van der Waals surface area (Å²) in [4.78, 5) is 13.6. The van der Waals surface area contributed by atoms with Gasteiger partial charge in [0, 0.05) is 30.3 Å². The summed E-state index contributed by atoms with van der Waals surface area (Å²) < 4.78 is 10.1. The normalized spacial score (nSPS) is 9.94. The summed E-state index contributed by atoms with van der Waals surface area (Å²) in [6.45, 7) is 0. The monoisotopic (exact) mass is 221 g/mol. The van der Waals surface area contributed by atoms with Crippen LogP contribution < -0.4 is 0 Å². The molecule has 6 nitrogen and oxygen atoms in total. The average Bonchev–Trinajstić information content (AvgIpc) is 2.32. The maximum atomic E-state index is 11.2. The summed E-state index contributed by atoms with van der Waals surface area (Å²) in [5.41, 5.74) is 9.22. The van der Waals surface area contributed by atoms with Crippen molar-refractivity contribution < 1.29 is 14.3 Å². The van der Waals surface area contributed by atoms with E-state index in [-0.39, 0.29) is 0 Å². The van der Waals surface area contributed by atoms with E-state index in [1.54, 1.807) is 24.3 Å². The highest BCUT2D eigenvalue weighted by atomic mass is 16.7. The number of nitrogens with zero attached hydrogens (tertiary/aromatic N) is 3. The third-order valence-corrected chi connectivity index (χ3v) is 1.99. The average molecular weight is 221 g/mol. The van der Waals surface area contributed by atoms with Crippen LogP contribution in [0.1, 0.15) is 22.2 Å². The molecule has 0 aliphatic rings. The van der Waals surface area contributed by atoms with Gasteiger partial charge in [-0.15, -0.1) is 0 Å². The lowest BCUT2D eigenvalue weighted by molar-refractivity contribution is -0.106. The molecule has 0 saturated carbocycles. The molecule has 1 rings (SSSR count). The van der Waals surface area contributed by atoms with Crippen LogP contribution in [0.2, 0.25) is 0 Å². The molecule has 1 amide bonds. The molecular weight excluding hydrogens is 210 g/mol. The molecule has 0 N–H and O–H groups in total. The van der Waals surface area contributed by atoms with Crippen LogP contribution in [-0.4, -0.2) is 20.1 Å². The summed E-state index contributed by atoms with van der Waals surface area (Å²) in [5.74, 6) is -0.611. The van der Waals surface area contributed by atoms with Crippen molar-refractivity contribution in [2.45, 2.75) is 6.29 Å². The molecule has 0 aliphatic heterocycles. The van der Waals surface area contributed by atoms with Crippen molar-refractivity contribution in [3.05, 3.63) is 45.8 Å². The summed E-state index contributed by atoms with van der Waals surface area (Å²) >= 11 is 0. The van der Waals surface area contributed by atoms with Gasteiger partial charge in [0.1, 0.15) is 0 Å². The number of amides is 1. The van der Waals surface area contributed by atoms with Crippen molar-refractivity contribution in [2.24, 2.45) is 5.11 Å². The van der Waals surface area contributed by atoms with Crippen LogP contribution in [0.15, 0.2) is 29.4 Å². The molecule has 0 atom stereocenters. The molecule has 0 spiro atoms. The van der Waals surface area contributed by atoms with Gasteiger partial charge in [-0.1, -0.05) is 24.3 Å². The minimum absolute atomic E-state index is 0.326. The summed E-state index contributed by atoms with van der Waals surface area (Å²) in [6, 6.07) is 6.46. The zero-order valence-electron chi connectivity index (χ0n) is 8.95. The van der Waals surface area contributed by atoms with E-state index in [1.165, 1.54) is 14.2 Å².